The number of benzene rings is 1. The van der Waals surface area contributed by atoms with E-state index in [0.717, 1.165) is 5.69 Å². The second kappa shape index (κ2) is 10.5. The van der Waals surface area contributed by atoms with Crippen LogP contribution < -0.4 is 10.6 Å². The first kappa shape index (κ1) is 24.1. The van der Waals surface area contributed by atoms with Gasteiger partial charge in [0.25, 0.3) is 5.91 Å². The number of esters is 1. The molecule has 0 spiro atoms. The van der Waals surface area contributed by atoms with Crippen LogP contribution in [-0.4, -0.2) is 35.1 Å². The molecule has 3 heterocycles. The SMILES string of the molecule is COC(=O)c1c(NC(=O)c2ccoc2)c2cc(NC[C@@H](C)c3ccccc3)cnc2n1CC(C)C. The molecule has 0 saturated heterocycles. The number of carbonyl (C=O) groups excluding carboxylic acids is 2. The van der Waals surface area contributed by atoms with Gasteiger partial charge in [-0.2, -0.15) is 0 Å². The minimum absolute atomic E-state index is 0.234. The topological polar surface area (TPSA) is 98.4 Å². The smallest absolute Gasteiger partial charge is 0.356 e. The largest absolute Gasteiger partial charge is 0.472 e. The van der Waals surface area contributed by atoms with Gasteiger partial charge in [-0.3, -0.25) is 4.79 Å². The number of pyridine rings is 1. The van der Waals surface area contributed by atoms with Gasteiger partial charge in [0.2, 0.25) is 0 Å². The van der Waals surface area contributed by atoms with Crippen molar-refractivity contribution in [3.8, 4) is 0 Å². The Morgan fingerprint density at radius 3 is 2.57 bits per heavy atom. The van der Waals surface area contributed by atoms with Crippen LogP contribution in [0.15, 0.2) is 65.6 Å². The third kappa shape index (κ3) is 5.21. The van der Waals surface area contributed by atoms with Crippen molar-refractivity contribution >= 4 is 34.3 Å². The molecule has 35 heavy (non-hydrogen) atoms. The Labute approximate surface area is 204 Å². The van der Waals surface area contributed by atoms with Gasteiger partial charge >= 0.3 is 5.97 Å². The van der Waals surface area contributed by atoms with E-state index in [1.807, 2.05) is 28.8 Å². The molecule has 0 radical (unpaired) electrons. The van der Waals surface area contributed by atoms with Crippen LogP contribution in [0.1, 0.15) is 53.1 Å². The van der Waals surface area contributed by atoms with E-state index in [1.165, 1.54) is 25.2 Å². The zero-order chi connectivity index (χ0) is 24.9. The Kier molecular flexibility index (Phi) is 7.19. The molecule has 0 aliphatic carbocycles. The van der Waals surface area contributed by atoms with E-state index >= 15 is 0 Å². The molecule has 2 N–H and O–H groups in total. The highest BCUT2D eigenvalue weighted by molar-refractivity contribution is 6.14. The fraction of sp³-hybridized carbons (Fsp3) is 0.296. The molecule has 4 aromatic rings. The van der Waals surface area contributed by atoms with Gasteiger partial charge < -0.3 is 24.4 Å². The molecule has 0 unspecified atom stereocenters. The van der Waals surface area contributed by atoms with Crippen LogP contribution in [0.4, 0.5) is 11.4 Å². The second-order valence-corrected chi connectivity index (χ2v) is 8.97. The van der Waals surface area contributed by atoms with E-state index in [0.29, 0.717) is 35.4 Å². The molecular weight excluding hydrogens is 444 g/mol. The first-order valence-corrected chi connectivity index (χ1v) is 11.6. The first-order chi connectivity index (χ1) is 16.9. The number of nitrogens with one attached hydrogen (secondary N) is 2. The number of furan rings is 1. The highest BCUT2D eigenvalue weighted by Crippen LogP contribution is 2.34. The van der Waals surface area contributed by atoms with Crippen LogP contribution in [0, 0.1) is 5.92 Å². The number of rotatable bonds is 9. The Bertz CT molecular complexity index is 1310. The summed E-state index contributed by atoms with van der Waals surface area (Å²) in [6.07, 6.45) is 4.53. The lowest BCUT2D eigenvalue weighted by Gasteiger charge is -2.14. The number of anilines is 2. The Morgan fingerprint density at radius 1 is 1.14 bits per heavy atom. The number of aromatic nitrogens is 2. The number of methoxy groups -OCH3 is 1. The van der Waals surface area contributed by atoms with Crippen LogP contribution in [0.2, 0.25) is 0 Å². The van der Waals surface area contributed by atoms with E-state index in [-0.39, 0.29) is 23.4 Å². The number of hydrogen-bond donors (Lipinski definition) is 2. The zero-order valence-electron chi connectivity index (χ0n) is 20.4. The van der Waals surface area contributed by atoms with Crippen LogP contribution in [-0.2, 0) is 11.3 Å². The van der Waals surface area contributed by atoms with Crippen molar-refractivity contribution in [2.75, 3.05) is 24.3 Å². The summed E-state index contributed by atoms with van der Waals surface area (Å²) in [7, 11) is 1.33. The third-order valence-electron chi connectivity index (χ3n) is 5.83. The van der Waals surface area contributed by atoms with Gasteiger partial charge in [0.05, 0.1) is 36.5 Å². The molecule has 0 saturated carbocycles. The summed E-state index contributed by atoms with van der Waals surface area (Å²) < 4.78 is 11.9. The molecular formula is C27H30N4O4. The van der Waals surface area contributed by atoms with E-state index in [1.54, 1.807) is 12.3 Å². The fourth-order valence-corrected chi connectivity index (χ4v) is 4.05. The monoisotopic (exact) mass is 474 g/mol. The quantitative estimate of drug-likeness (QED) is 0.309. The zero-order valence-corrected chi connectivity index (χ0v) is 20.4. The molecule has 8 heteroatoms. The van der Waals surface area contributed by atoms with Crippen molar-refractivity contribution in [1.29, 1.82) is 0 Å². The first-order valence-electron chi connectivity index (χ1n) is 11.6. The Hall–Kier alpha value is -4.07. The highest BCUT2D eigenvalue weighted by Gasteiger charge is 2.27. The summed E-state index contributed by atoms with van der Waals surface area (Å²) in [5.41, 5.74) is 3.60. The molecule has 3 aromatic heterocycles. The molecule has 4 rings (SSSR count). The predicted molar refractivity (Wildman–Crippen MR) is 136 cm³/mol. The van der Waals surface area contributed by atoms with Gasteiger partial charge in [-0.05, 0) is 29.5 Å². The summed E-state index contributed by atoms with van der Waals surface area (Å²) >= 11 is 0. The number of nitrogens with zero attached hydrogens (tertiary/aromatic N) is 2. The fourth-order valence-electron chi connectivity index (χ4n) is 4.05. The lowest BCUT2D eigenvalue weighted by Crippen LogP contribution is -2.18. The summed E-state index contributed by atoms with van der Waals surface area (Å²) in [5, 5.41) is 6.99. The number of ether oxygens (including phenoxy) is 1. The minimum Gasteiger partial charge on any atom is -0.472 e. The van der Waals surface area contributed by atoms with E-state index in [2.05, 4.69) is 48.5 Å². The molecule has 182 valence electrons. The maximum absolute atomic E-state index is 12.9. The molecule has 0 aliphatic heterocycles. The molecule has 0 aliphatic rings. The van der Waals surface area contributed by atoms with Crippen molar-refractivity contribution in [2.45, 2.75) is 33.2 Å². The van der Waals surface area contributed by atoms with Crippen LogP contribution in [0.3, 0.4) is 0 Å². The number of fused-ring (bicyclic) bond motifs is 1. The van der Waals surface area contributed by atoms with Crippen molar-refractivity contribution in [1.82, 2.24) is 9.55 Å². The van der Waals surface area contributed by atoms with E-state index in [9.17, 15) is 9.59 Å². The molecule has 1 amide bonds. The standard InChI is InChI=1S/C27H30N4O4/c1-17(2)15-31-24(27(33)34-4)23(30-26(32)20-10-11-35-16-20)22-12-21(14-29-25(22)31)28-13-18(3)19-8-6-5-7-9-19/h5-12,14,16-18,28H,13,15H2,1-4H3,(H,30,32)/t18-/m1/s1. The second-order valence-electron chi connectivity index (χ2n) is 8.97. The predicted octanol–water partition coefficient (Wildman–Crippen LogP) is 5.54. The molecule has 0 bridgehead atoms. The Morgan fingerprint density at radius 2 is 1.91 bits per heavy atom. The van der Waals surface area contributed by atoms with Crippen molar-refractivity contribution in [3.05, 3.63) is 78.0 Å². The van der Waals surface area contributed by atoms with Gasteiger partial charge in [-0.1, -0.05) is 51.1 Å². The summed E-state index contributed by atoms with van der Waals surface area (Å²) in [6.45, 7) is 7.49. The maximum Gasteiger partial charge on any atom is 0.356 e. The summed E-state index contributed by atoms with van der Waals surface area (Å²) in [4.78, 5) is 30.5. The third-order valence-corrected chi connectivity index (χ3v) is 5.83. The van der Waals surface area contributed by atoms with Gasteiger partial charge in [-0.15, -0.1) is 0 Å². The minimum atomic E-state index is -0.543. The summed E-state index contributed by atoms with van der Waals surface area (Å²) in [6, 6.07) is 13.7. The number of carbonyl (C=O) groups is 2. The van der Waals surface area contributed by atoms with Crippen molar-refractivity contribution in [3.63, 3.8) is 0 Å². The van der Waals surface area contributed by atoms with Gasteiger partial charge in [-0.25, -0.2) is 9.78 Å². The molecule has 8 nitrogen and oxygen atoms in total. The van der Waals surface area contributed by atoms with Crippen LogP contribution in [0.25, 0.3) is 11.0 Å². The molecule has 1 aromatic carbocycles. The van der Waals surface area contributed by atoms with Gasteiger partial charge in [0.1, 0.15) is 11.9 Å². The Balaban J connectivity index is 1.74. The van der Waals surface area contributed by atoms with Crippen LogP contribution >= 0.6 is 0 Å². The maximum atomic E-state index is 12.9. The lowest BCUT2D eigenvalue weighted by atomic mass is 10.0. The molecule has 1 atom stereocenters. The van der Waals surface area contributed by atoms with Crippen molar-refractivity contribution in [2.24, 2.45) is 5.92 Å². The van der Waals surface area contributed by atoms with Crippen LogP contribution in [0.5, 0.6) is 0 Å². The summed E-state index contributed by atoms with van der Waals surface area (Å²) in [5.74, 6) is -0.414. The highest BCUT2D eigenvalue weighted by atomic mass is 16.5. The average Bonchev–Trinajstić information content (AvgIpc) is 3.50. The van der Waals surface area contributed by atoms with E-state index in [4.69, 9.17) is 9.15 Å². The van der Waals surface area contributed by atoms with Gasteiger partial charge in [0.15, 0.2) is 5.69 Å². The average molecular weight is 475 g/mol. The van der Waals surface area contributed by atoms with Gasteiger partial charge in [0, 0.05) is 18.5 Å². The van der Waals surface area contributed by atoms with Crippen molar-refractivity contribution < 1.29 is 18.7 Å². The lowest BCUT2D eigenvalue weighted by molar-refractivity contribution is 0.0589. The van der Waals surface area contributed by atoms with E-state index < -0.39 is 5.97 Å². The number of amides is 1. The number of hydrogen-bond acceptors (Lipinski definition) is 6. The normalized spacial score (nSPS) is 12.0. The molecule has 0 fully saturated rings.